The number of amides is 1. The van der Waals surface area contributed by atoms with Crippen LogP contribution in [0.5, 0.6) is 0 Å². The Bertz CT molecular complexity index is 1190. The first-order valence-corrected chi connectivity index (χ1v) is 13.7. The quantitative estimate of drug-likeness (QED) is 0.497. The van der Waals surface area contributed by atoms with Crippen molar-refractivity contribution in [2.24, 2.45) is 5.92 Å². The fourth-order valence-corrected chi connectivity index (χ4v) is 5.08. The number of likely N-dealkylation sites (tertiary alicyclic amines) is 1. The fourth-order valence-electron chi connectivity index (χ4n) is 5.08. The maximum absolute atomic E-state index is 12.8. The minimum atomic E-state index is 0.0402. The first-order chi connectivity index (χ1) is 18.3. The Hall–Kier alpha value is -3.23. The summed E-state index contributed by atoms with van der Waals surface area (Å²) in [5.41, 5.74) is 4.67. The number of nitrogens with one attached hydrogen (secondary N) is 1. The Labute approximate surface area is 225 Å². The lowest BCUT2D eigenvalue weighted by molar-refractivity contribution is -0.126. The van der Waals surface area contributed by atoms with E-state index < -0.39 is 0 Å². The van der Waals surface area contributed by atoms with E-state index >= 15 is 0 Å². The molecule has 1 N–H and O–H groups in total. The molecule has 2 saturated heterocycles. The summed E-state index contributed by atoms with van der Waals surface area (Å²) in [6.07, 6.45) is 1.66. The van der Waals surface area contributed by atoms with Crippen LogP contribution in [-0.4, -0.2) is 60.3 Å². The number of aromatic nitrogens is 2. The highest BCUT2D eigenvalue weighted by molar-refractivity contribution is 5.78. The zero-order valence-electron chi connectivity index (χ0n) is 22.8. The molecule has 202 valence electrons. The monoisotopic (exact) mass is 517 g/mol. The molecule has 2 aliphatic heterocycles. The lowest BCUT2D eigenvalue weighted by Crippen LogP contribution is -2.40. The first kappa shape index (κ1) is 26.4. The van der Waals surface area contributed by atoms with E-state index in [0.29, 0.717) is 24.8 Å². The molecule has 0 bridgehead atoms. The van der Waals surface area contributed by atoms with Gasteiger partial charge >= 0.3 is 0 Å². The number of morpholine rings is 1. The molecule has 0 saturated carbocycles. The van der Waals surface area contributed by atoms with Crippen molar-refractivity contribution in [3.05, 3.63) is 65.5 Å². The Morgan fingerprint density at radius 2 is 1.66 bits per heavy atom. The van der Waals surface area contributed by atoms with Gasteiger partial charge in [0, 0.05) is 36.8 Å². The normalized spacial score (nSPS) is 17.5. The minimum Gasteiger partial charge on any atom is -0.378 e. The number of hydrogen-bond donors (Lipinski definition) is 1. The van der Waals surface area contributed by atoms with E-state index in [9.17, 15) is 4.79 Å². The van der Waals surface area contributed by atoms with Gasteiger partial charge < -0.3 is 19.5 Å². The van der Waals surface area contributed by atoms with Crippen LogP contribution in [-0.2, 0) is 28.0 Å². The minimum absolute atomic E-state index is 0.0402. The van der Waals surface area contributed by atoms with Crippen molar-refractivity contribution in [3.8, 4) is 11.4 Å². The molecule has 2 aromatic carbocycles. The van der Waals surface area contributed by atoms with Crippen LogP contribution >= 0.6 is 0 Å². The van der Waals surface area contributed by atoms with Gasteiger partial charge in [0.05, 0.1) is 19.8 Å². The summed E-state index contributed by atoms with van der Waals surface area (Å²) < 4.78 is 11.0. The zero-order chi connectivity index (χ0) is 26.5. The van der Waals surface area contributed by atoms with Crippen LogP contribution in [0.4, 0.5) is 5.69 Å². The average molecular weight is 518 g/mol. The number of anilines is 1. The lowest BCUT2D eigenvalue weighted by atomic mass is 9.87. The van der Waals surface area contributed by atoms with E-state index in [4.69, 9.17) is 9.26 Å². The van der Waals surface area contributed by atoms with Crippen molar-refractivity contribution >= 4 is 11.6 Å². The summed E-state index contributed by atoms with van der Waals surface area (Å²) in [5.74, 6) is 1.41. The van der Waals surface area contributed by atoms with E-state index in [1.54, 1.807) is 0 Å². The largest absolute Gasteiger partial charge is 0.378 e. The third-order valence-electron chi connectivity index (χ3n) is 7.57. The van der Waals surface area contributed by atoms with E-state index in [0.717, 1.165) is 63.4 Å². The molecule has 2 aliphatic rings. The van der Waals surface area contributed by atoms with Crippen LogP contribution in [0.1, 0.15) is 50.6 Å². The fraction of sp³-hybridized carbons (Fsp3) is 0.500. The van der Waals surface area contributed by atoms with E-state index in [2.05, 4.69) is 94.6 Å². The van der Waals surface area contributed by atoms with Gasteiger partial charge in [0.1, 0.15) is 0 Å². The maximum Gasteiger partial charge on any atom is 0.241 e. The Balaban J connectivity index is 1.06. The van der Waals surface area contributed by atoms with Crippen LogP contribution in [0.2, 0.25) is 0 Å². The maximum atomic E-state index is 12.8. The second-order valence-electron chi connectivity index (χ2n) is 11.4. The molecule has 1 amide bonds. The zero-order valence-corrected chi connectivity index (χ0v) is 22.8. The molecule has 2 fully saturated rings. The summed E-state index contributed by atoms with van der Waals surface area (Å²) in [4.78, 5) is 22.0. The SMILES string of the molecule is CC(C)(C)c1ccc(-c2noc(CN3CCC(C(=O)NCc4ccc(N5CCOCC5)cc4)CC3)n2)cc1. The number of piperidine rings is 1. The van der Waals surface area contributed by atoms with Gasteiger partial charge in [-0.25, -0.2) is 0 Å². The molecule has 0 aliphatic carbocycles. The topological polar surface area (TPSA) is 83.7 Å². The van der Waals surface area contributed by atoms with E-state index in [1.807, 2.05) is 0 Å². The van der Waals surface area contributed by atoms with Crippen LogP contribution in [0, 0.1) is 5.92 Å². The van der Waals surface area contributed by atoms with Crippen LogP contribution in [0.15, 0.2) is 53.1 Å². The van der Waals surface area contributed by atoms with Crippen LogP contribution in [0.25, 0.3) is 11.4 Å². The van der Waals surface area contributed by atoms with Gasteiger partial charge in [-0.05, 0) is 54.6 Å². The lowest BCUT2D eigenvalue weighted by Gasteiger charge is -2.30. The third-order valence-corrected chi connectivity index (χ3v) is 7.57. The molecule has 0 unspecified atom stereocenters. The Morgan fingerprint density at radius 3 is 2.32 bits per heavy atom. The molecule has 5 rings (SSSR count). The number of carbonyl (C=O) groups excluding carboxylic acids is 1. The average Bonchev–Trinajstić information content (AvgIpc) is 3.41. The summed E-state index contributed by atoms with van der Waals surface area (Å²) in [5, 5.41) is 7.32. The highest BCUT2D eigenvalue weighted by Crippen LogP contribution is 2.26. The number of ether oxygens (including phenoxy) is 1. The molecule has 0 spiro atoms. The van der Waals surface area contributed by atoms with Gasteiger partial charge in [0.15, 0.2) is 0 Å². The van der Waals surface area contributed by atoms with E-state index in [1.165, 1.54) is 11.3 Å². The molecule has 8 heteroatoms. The Morgan fingerprint density at radius 1 is 0.974 bits per heavy atom. The smallest absolute Gasteiger partial charge is 0.241 e. The molecule has 0 radical (unpaired) electrons. The van der Waals surface area contributed by atoms with Crippen molar-refractivity contribution in [2.45, 2.75) is 52.1 Å². The molecular weight excluding hydrogens is 478 g/mol. The standard InChI is InChI=1S/C30H39N5O3/c1-30(2,3)25-8-6-23(7-9-25)28-32-27(38-33-28)21-34-14-12-24(13-15-34)29(36)31-20-22-4-10-26(11-5-22)35-16-18-37-19-17-35/h4-11,24H,12-21H2,1-3H3,(H,31,36). The summed E-state index contributed by atoms with van der Waals surface area (Å²) in [6, 6.07) is 16.8. The van der Waals surface area contributed by atoms with Gasteiger partial charge in [0.25, 0.3) is 0 Å². The molecule has 0 atom stereocenters. The van der Waals surface area contributed by atoms with Gasteiger partial charge in [0.2, 0.25) is 17.6 Å². The predicted molar refractivity (Wildman–Crippen MR) is 148 cm³/mol. The molecule has 1 aromatic heterocycles. The van der Waals surface area contributed by atoms with Crippen molar-refractivity contribution in [1.29, 1.82) is 0 Å². The van der Waals surface area contributed by atoms with Crippen molar-refractivity contribution in [2.75, 3.05) is 44.3 Å². The number of rotatable bonds is 7. The third kappa shape index (κ3) is 6.60. The first-order valence-electron chi connectivity index (χ1n) is 13.7. The Kier molecular flexibility index (Phi) is 8.09. The second-order valence-corrected chi connectivity index (χ2v) is 11.4. The second kappa shape index (κ2) is 11.7. The molecular formula is C30H39N5O3. The van der Waals surface area contributed by atoms with Gasteiger partial charge in [-0.15, -0.1) is 0 Å². The van der Waals surface area contributed by atoms with Gasteiger partial charge in [-0.1, -0.05) is 62.3 Å². The molecule has 3 heterocycles. The van der Waals surface area contributed by atoms with Crippen molar-refractivity contribution in [1.82, 2.24) is 20.4 Å². The molecule has 3 aromatic rings. The summed E-state index contributed by atoms with van der Waals surface area (Å²) in [6.45, 7) is 12.8. The van der Waals surface area contributed by atoms with Crippen LogP contribution < -0.4 is 10.2 Å². The molecule has 8 nitrogen and oxygen atoms in total. The number of carbonyl (C=O) groups is 1. The predicted octanol–water partition coefficient (Wildman–Crippen LogP) is 4.40. The summed E-state index contributed by atoms with van der Waals surface area (Å²) in [7, 11) is 0. The highest BCUT2D eigenvalue weighted by atomic mass is 16.5. The van der Waals surface area contributed by atoms with Gasteiger partial charge in [-0.3, -0.25) is 9.69 Å². The summed E-state index contributed by atoms with van der Waals surface area (Å²) >= 11 is 0. The van der Waals surface area contributed by atoms with Crippen molar-refractivity contribution < 1.29 is 14.1 Å². The van der Waals surface area contributed by atoms with Crippen LogP contribution in [0.3, 0.4) is 0 Å². The number of hydrogen-bond acceptors (Lipinski definition) is 7. The highest BCUT2D eigenvalue weighted by Gasteiger charge is 2.26. The van der Waals surface area contributed by atoms with E-state index in [-0.39, 0.29) is 17.2 Å². The number of nitrogens with zero attached hydrogens (tertiary/aromatic N) is 4. The van der Waals surface area contributed by atoms with Crippen molar-refractivity contribution in [3.63, 3.8) is 0 Å². The van der Waals surface area contributed by atoms with Gasteiger partial charge in [-0.2, -0.15) is 4.98 Å². The number of benzene rings is 2. The molecule has 38 heavy (non-hydrogen) atoms.